The van der Waals surface area contributed by atoms with Crippen molar-refractivity contribution < 1.29 is 4.79 Å². The van der Waals surface area contributed by atoms with Gasteiger partial charge in [-0.1, -0.05) is 42.5 Å². The predicted octanol–water partition coefficient (Wildman–Crippen LogP) is 3.28. The number of piperidine rings is 1. The molecule has 3 nitrogen and oxygen atoms in total. The quantitative estimate of drug-likeness (QED) is 0.860. The molecular weight excluding hydrogens is 284 g/mol. The van der Waals surface area contributed by atoms with Crippen LogP contribution in [-0.2, 0) is 11.2 Å². The summed E-state index contributed by atoms with van der Waals surface area (Å²) in [7, 11) is 0. The van der Waals surface area contributed by atoms with Crippen molar-refractivity contribution in [1.29, 1.82) is 0 Å². The summed E-state index contributed by atoms with van der Waals surface area (Å²) >= 11 is 0. The van der Waals surface area contributed by atoms with E-state index in [-0.39, 0.29) is 5.91 Å². The van der Waals surface area contributed by atoms with Gasteiger partial charge in [-0.3, -0.25) is 4.79 Å². The second-order valence-electron chi connectivity index (χ2n) is 6.47. The van der Waals surface area contributed by atoms with Crippen molar-refractivity contribution in [3.8, 4) is 0 Å². The Morgan fingerprint density at radius 3 is 2.74 bits per heavy atom. The Balaban J connectivity index is 1.44. The number of hydrogen-bond donors (Lipinski definition) is 2. The molecule has 2 aromatic carbocycles. The molecule has 1 saturated heterocycles. The Bertz CT molecular complexity index is 642. The number of amides is 1. The molecule has 0 unspecified atom stereocenters. The molecule has 23 heavy (non-hydrogen) atoms. The van der Waals surface area contributed by atoms with E-state index in [4.69, 9.17) is 0 Å². The van der Waals surface area contributed by atoms with Crippen LogP contribution in [0.15, 0.2) is 42.5 Å². The Morgan fingerprint density at radius 1 is 1.09 bits per heavy atom. The summed E-state index contributed by atoms with van der Waals surface area (Å²) in [4.78, 5) is 12.0. The van der Waals surface area contributed by atoms with Gasteiger partial charge in [0.15, 0.2) is 0 Å². The molecule has 2 aromatic rings. The molecule has 0 atom stereocenters. The number of carbonyl (C=O) groups excluding carboxylic acids is 1. The van der Waals surface area contributed by atoms with E-state index in [1.54, 1.807) is 0 Å². The molecule has 0 aliphatic carbocycles. The Hall–Kier alpha value is -1.87. The summed E-state index contributed by atoms with van der Waals surface area (Å²) < 4.78 is 0. The maximum atomic E-state index is 12.0. The first-order valence-electron chi connectivity index (χ1n) is 8.77. The van der Waals surface area contributed by atoms with Crippen LogP contribution in [-0.4, -0.2) is 25.5 Å². The summed E-state index contributed by atoms with van der Waals surface area (Å²) in [5, 5.41) is 9.01. The third-order valence-electron chi connectivity index (χ3n) is 4.83. The predicted molar refractivity (Wildman–Crippen MR) is 95.5 cm³/mol. The normalized spacial score (nSPS) is 15.7. The first-order valence-corrected chi connectivity index (χ1v) is 8.77. The van der Waals surface area contributed by atoms with Crippen LogP contribution in [0.2, 0.25) is 0 Å². The standard InChI is InChI=1S/C20H26N2O/c23-20(9-8-16-10-13-21-14-11-16)22-15-12-18-6-3-5-17-4-1-2-7-19(17)18/h1-7,16,21H,8-15H2,(H,22,23). The molecule has 3 rings (SSSR count). The smallest absolute Gasteiger partial charge is 0.220 e. The van der Waals surface area contributed by atoms with Crippen LogP contribution in [0.4, 0.5) is 0 Å². The van der Waals surface area contributed by atoms with Crippen LogP contribution in [0.5, 0.6) is 0 Å². The minimum absolute atomic E-state index is 0.198. The van der Waals surface area contributed by atoms with Crippen molar-refractivity contribution in [2.45, 2.75) is 32.1 Å². The summed E-state index contributed by atoms with van der Waals surface area (Å²) in [5.41, 5.74) is 1.31. The lowest BCUT2D eigenvalue weighted by atomic mass is 9.93. The molecule has 0 bridgehead atoms. The molecule has 0 aromatic heterocycles. The molecular formula is C20H26N2O. The van der Waals surface area contributed by atoms with E-state index in [0.717, 1.165) is 38.4 Å². The van der Waals surface area contributed by atoms with E-state index < -0.39 is 0 Å². The van der Waals surface area contributed by atoms with E-state index >= 15 is 0 Å². The molecule has 1 aliphatic heterocycles. The molecule has 1 amide bonds. The molecule has 0 radical (unpaired) electrons. The van der Waals surface area contributed by atoms with Gasteiger partial charge >= 0.3 is 0 Å². The molecule has 3 heteroatoms. The Morgan fingerprint density at radius 2 is 1.87 bits per heavy atom. The van der Waals surface area contributed by atoms with Crippen LogP contribution in [0, 0.1) is 5.92 Å². The van der Waals surface area contributed by atoms with Crippen LogP contribution in [0.25, 0.3) is 10.8 Å². The van der Waals surface area contributed by atoms with Gasteiger partial charge in [-0.25, -0.2) is 0 Å². The Kier molecular flexibility index (Phi) is 5.65. The van der Waals surface area contributed by atoms with Crippen LogP contribution >= 0.6 is 0 Å². The summed E-state index contributed by atoms with van der Waals surface area (Å²) in [6, 6.07) is 14.8. The number of benzene rings is 2. The monoisotopic (exact) mass is 310 g/mol. The fraction of sp³-hybridized carbons (Fsp3) is 0.450. The molecule has 0 spiro atoms. The van der Waals surface area contributed by atoms with E-state index in [0.29, 0.717) is 6.42 Å². The minimum atomic E-state index is 0.198. The van der Waals surface area contributed by atoms with Crippen LogP contribution < -0.4 is 10.6 Å². The fourth-order valence-corrected chi connectivity index (χ4v) is 3.44. The molecule has 1 aliphatic rings. The largest absolute Gasteiger partial charge is 0.356 e. The zero-order valence-corrected chi connectivity index (χ0v) is 13.7. The maximum Gasteiger partial charge on any atom is 0.220 e. The molecule has 1 heterocycles. The summed E-state index contributed by atoms with van der Waals surface area (Å²) in [5.74, 6) is 0.920. The van der Waals surface area contributed by atoms with Crippen molar-refractivity contribution in [2.75, 3.05) is 19.6 Å². The van der Waals surface area contributed by atoms with Gasteiger partial charge < -0.3 is 10.6 Å². The summed E-state index contributed by atoms with van der Waals surface area (Å²) in [6.45, 7) is 2.93. The van der Waals surface area contributed by atoms with E-state index in [1.807, 2.05) is 0 Å². The fourth-order valence-electron chi connectivity index (χ4n) is 3.44. The van der Waals surface area contributed by atoms with E-state index in [2.05, 4.69) is 53.1 Å². The average molecular weight is 310 g/mol. The molecule has 1 fully saturated rings. The minimum Gasteiger partial charge on any atom is -0.356 e. The maximum absolute atomic E-state index is 12.0. The van der Waals surface area contributed by atoms with Gasteiger partial charge in [0.1, 0.15) is 0 Å². The number of hydrogen-bond acceptors (Lipinski definition) is 2. The van der Waals surface area contributed by atoms with Gasteiger partial charge in [0.05, 0.1) is 0 Å². The van der Waals surface area contributed by atoms with Gasteiger partial charge in [0.2, 0.25) is 5.91 Å². The number of fused-ring (bicyclic) bond motifs is 1. The van der Waals surface area contributed by atoms with E-state index in [9.17, 15) is 4.79 Å². The second kappa shape index (κ2) is 8.11. The SMILES string of the molecule is O=C(CCC1CCNCC1)NCCc1cccc2ccccc12. The zero-order valence-electron chi connectivity index (χ0n) is 13.7. The number of rotatable bonds is 6. The Labute approximate surface area is 138 Å². The zero-order chi connectivity index (χ0) is 15.9. The van der Waals surface area contributed by atoms with Crippen molar-refractivity contribution in [2.24, 2.45) is 5.92 Å². The number of carbonyl (C=O) groups is 1. The third-order valence-corrected chi connectivity index (χ3v) is 4.83. The highest BCUT2D eigenvalue weighted by Crippen LogP contribution is 2.19. The second-order valence-corrected chi connectivity index (χ2v) is 6.47. The van der Waals surface area contributed by atoms with Gasteiger partial charge in [-0.2, -0.15) is 0 Å². The molecule has 0 saturated carbocycles. The average Bonchev–Trinajstić information content (AvgIpc) is 2.61. The van der Waals surface area contributed by atoms with Crippen LogP contribution in [0.1, 0.15) is 31.2 Å². The van der Waals surface area contributed by atoms with Crippen molar-refractivity contribution in [1.82, 2.24) is 10.6 Å². The molecule has 2 N–H and O–H groups in total. The topological polar surface area (TPSA) is 41.1 Å². The van der Waals surface area contributed by atoms with E-state index in [1.165, 1.54) is 29.2 Å². The highest BCUT2D eigenvalue weighted by atomic mass is 16.1. The van der Waals surface area contributed by atoms with Gasteiger partial charge in [0, 0.05) is 13.0 Å². The van der Waals surface area contributed by atoms with Crippen molar-refractivity contribution in [3.63, 3.8) is 0 Å². The molecule has 122 valence electrons. The van der Waals surface area contributed by atoms with Gasteiger partial charge in [-0.15, -0.1) is 0 Å². The number of nitrogens with one attached hydrogen (secondary N) is 2. The van der Waals surface area contributed by atoms with Crippen molar-refractivity contribution in [3.05, 3.63) is 48.0 Å². The third kappa shape index (κ3) is 4.55. The van der Waals surface area contributed by atoms with Gasteiger partial charge in [-0.05, 0) is 61.0 Å². The van der Waals surface area contributed by atoms with Crippen molar-refractivity contribution >= 4 is 16.7 Å². The lowest BCUT2D eigenvalue weighted by molar-refractivity contribution is -0.121. The summed E-state index contributed by atoms with van der Waals surface area (Å²) in [6.07, 6.45) is 5.01. The highest BCUT2D eigenvalue weighted by molar-refractivity contribution is 5.85. The first-order chi connectivity index (χ1) is 11.3. The lowest BCUT2D eigenvalue weighted by Gasteiger charge is -2.22. The van der Waals surface area contributed by atoms with Crippen LogP contribution in [0.3, 0.4) is 0 Å². The lowest BCUT2D eigenvalue weighted by Crippen LogP contribution is -2.30. The van der Waals surface area contributed by atoms with Gasteiger partial charge in [0.25, 0.3) is 0 Å². The first kappa shape index (κ1) is 16.0. The highest BCUT2D eigenvalue weighted by Gasteiger charge is 2.14.